The molecule has 0 bridgehead atoms. The lowest BCUT2D eigenvalue weighted by Gasteiger charge is -2.35. The summed E-state index contributed by atoms with van der Waals surface area (Å²) in [6, 6.07) is 6.29. The van der Waals surface area contributed by atoms with Crippen molar-refractivity contribution in [3.8, 4) is 11.3 Å². The van der Waals surface area contributed by atoms with E-state index in [4.69, 9.17) is 10.2 Å². The topological polar surface area (TPSA) is 96.9 Å². The van der Waals surface area contributed by atoms with Gasteiger partial charge in [-0.3, -0.25) is 4.79 Å². The van der Waals surface area contributed by atoms with Crippen LogP contribution in [0.1, 0.15) is 31.4 Å². The lowest BCUT2D eigenvalue weighted by molar-refractivity contribution is -0.135. The van der Waals surface area contributed by atoms with Crippen LogP contribution in [0.2, 0.25) is 0 Å². The van der Waals surface area contributed by atoms with Gasteiger partial charge in [0.05, 0.1) is 10.5 Å². The summed E-state index contributed by atoms with van der Waals surface area (Å²) in [4.78, 5) is 14.5. The van der Waals surface area contributed by atoms with E-state index in [1.54, 1.807) is 24.0 Å². The van der Waals surface area contributed by atoms with Crippen LogP contribution < -0.4 is 5.73 Å². The summed E-state index contributed by atoms with van der Waals surface area (Å²) in [5.74, 6) is 0.0768. The molecule has 162 valence electrons. The molecular formula is C21H26FN3O4S. The number of halogens is 1. The zero-order chi connectivity index (χ0) is 21.5. The second kappa shape index (κ2) is 8.13. The van der Waals surface area contributed by atoms with Crippen molar-refractivity contribution in [2.45, 2.75) is 49.6 Å². The number of amides is 1. The minimum Gasteiger partial charge on any atom is -0.461 e. The van der Waals surface area contributed by atoms with Crippen molar-refractivity contribution in [2.24, 2.45) is 5.73 Å². The van der Waals surface area contributed by atoms with Gasteiger partial charge in [-0.25, -0.2) is 12.8 Å². The first-order chi connectivity index (χ1) is 14.3. The van der Waals surface area contributed by atoms with Gasteiger partial charge in [0, 0.05) is 25.7 Å². The van der Waals surface area contributed by atoms with Gasteiger partial charge in [0.1, 0.15) is 23.4 Å². The molecule has 2 saturated heterocycles. The first-order valence-electron chi connectivity index (χ1n) is 10.2. The minimum absolute atomic E-state index is 0.0746. The zero-order valence-corrected chi connectivity index (χ0v) is 17.7. The van der Waals surface area contributed by atoms with Crippen molar-refractivity contribution < 1.29 is 22.0 Å². The molecular weight excluding hydrogens is 409 g/mol. The number of nitrogens with two attached hydrogens (primary N) is 1. The number of benzene rings is 1. The molecule has 3 heterocycles. The second-order valence-corrected chi connectivity index (χ2v) is 9.90. The molecule has 0 unspecified atom stereocenters. The summed E-state index contributed by atoms with van der Waals surface area (Å²) in [6.45, 7) is 2.96. The first kappa shape index (κ1) is 21.0. The van der Waals surface area contributed by atoms with Gasteiger partial charge in [-0.15, -0.1) is 0 Å². The van der Waals surface area contributed by atoms with E-state index in [9.17, 15) is 17.6 Å². The molecule has 4 rings (SSSR count). The lowest BCUT2D eigenvalue weighted by Crippen LogP contribution is -2.52. The smallest absolute Gasteiger partial charge is 0.243 e. The van der Waals surface area contributed by atoms with E-state index in [1.807, 2.05) is 0 Å². The minimum atomic E-state index is -4.03. The molecule has 0 saturated carbocycles. The molecule has 0 aliphatic carbocycles. The third-order valence-corrected chi connectivity index (χ3v) is 7.73. The molecule has 0 spiro atoms. The van der Waals surface area contributed by atoms with E-state index in [0.29, 0.717) is 43.9 Å². The maximum Gasteiger partial charge on any atom is 0.243 e. The molecule has 2 aromatic rings. The van der Waals surface area contributed by atoms with Crippen LogP contribution in [0, 0.1) is 12.7 Å². The Balaban J connectivity index is 1.62. The van der Waals surface area contributed by atoms with E-state index < -0.39 is 21.9 Å². The maximum absolute atomic E-state index is 14.8. The van der Waals surface area contributed by atoms with Crippen LogP contribution in [-0.2, 0) is 14.8 Å². The molecule has 9 heteroatoms. The van der Waals surface area contributed by atoms with Gasteiger partial charge in [0.25, 0.3) is 0 Å². The molecule has 2 fully saturated rings. The highest BCUT2D eigenvalue weighted by Crippen LogP contribution is 2.31. The van der Waals surface area contributed by atoms with Gasteiger partial charge in [-0.05, 0) is 56.5 Å². The van der Waals surface area contributed by atoms with Gasteiger partial charge in [-0.1, -0.05) is 6.42 Å². The van der Waals surface area contributed by atoms with Gasteiger partial charge in [0.15, 0.2) is 0 Å². The van der Waals surface area contributed by atoms with Crippen LogP contribution in [0.15, 0.2) is 39.6 Å². The molecule has 0 radical (unpaired) electrons. The SMILES string of the molecule is Cc1ccc(-c2ccc(S(=O)(=O)N3CCCC[C@H]3C(=O)N3CC[C@@H](N)C3)cc2F)o1. The monoisotopic (exact) mass is 435 g/mol. The number of nitrogens with zero attached hydrogens (tertiary/aromatic N) is 2. The number of hydrogen-bond acceptors (Lipinski definition) is 5. The highest BCUT2D eigenvalue weighted by atomic mass is 32.2. The first-order valence-corrected chi connectivity index (χ1v) is 11.6. The fraction of sp³-hybridized carbons (Fsp3) is 0.476. The summed E-state index contributed by atoms with van der Waals surface area (Å²) in [5.41, 5.74) is 6.10. The Morgan fingerprint density at radius 2 is 1.97 bits per heavy atom. The van der Waals surface area contributed by atoms with Crippen LogP contribution >= 0.6 is 0 Å². The van der Waals surface area contributed by atoms with Gasteiger partial charge in [-0.2, -0.15) is 4.31 Å². The molecule has 1 aromatic heterocycles. The van der Waals surface area contributed by atoms with E-state index >= 15 is 0 Å². The van der Waals surface area contributed by atoms with E-state index in [0.717, 1.165) is 12.5 Å². The van der Waals surface area contributed by atoms with Crippen LogP contribution in [0.25, 0.3) is 11.3 Å². The Kier molecular flexibility index (Phi) is 5.69. The summed E-state index contributed by atoms with van der Waals surface area (Å²) < 4.78 is 48.1. The summed E-state index contributed by atoms with van der Waals surface area (Å²) in [5, 5.41) is 0. The average Bonchev–Trinajstić information content (AvgIpc) is 3.35. The number of rotatable bonds is 4. The number of carbonyl (C=O) groups excluding carboxylic acids is 1. The van der Waals surface area contributed by atoms with Crippen molar-refractivity contribution in [1.82, 2.24) is 9.21 Å². The van der Waals surface area contributed by atoms with Crippen molar-refractivity contribution in [3.05, 3.63) is 41.9 Å². The fourth-order valence-electron chi connectivity index (χ4n) is 4.21. The number of carbonyl (C=O) groups is 1. The van der Waals surface area contributed by atoms with Crippen LogP contribution in [0.5, 0.6) is 0 Å². The summed E-state index contributed by atoms with van der Waals surface area (Å²) in [7, 11) is -4.03. The van der Waals surface area contributed by atoms with E-state index in [2.05, 4.69) is 0 Å². The van der Waals surface area contributed by atoms with Crippen LogP contribution in [0.4, 0.5) is 4.39 Å². The molecule has 2 aliphatic rings. The van der Waals surface area contributed by atoms with Crippen LogP contribution in [-0.4, -0.2) is 55.2 Å². The highest BCUT2D eigenvalue weighted by Gasteiger charge is 2.40. The molecule has 2 atom stereocenters. The third-order valence-electron chi connectivity index (χ3n) is 5.83. The molecule has 2 N–H and O–H groups in total. The van der Waals surface area contributed by atoms with Crippen molar-refractivity contribution >= 4 is 15.9 Å². The summed E-state index contributed by atoms with van der Waals surface area (Å²) in [6.07, 6.45) is 2.60. The highest BCUT2D eigenvalue weighted by molar-refractivity contribution is 7.89. The van der Waals surface area contributed by atoms with E-state index in [-0.39, 0.29) is 29.0 Å². The third kappa shape index (κ3) is 3.89. The Labute approximate surface area is 175 Å². The normalized spacial score (nSPS) is 23.1. The molecule has 7 nitrogen and oxygen atoms in total. The summed E-state index contributed by atoms with van der Waals surface area (Å²) >= 11 is 0. The predicted octanol–water partition coefficient (Wildman–Crippen LogP) is 2.50. The van der Waals surface area contributed by atoms with Crippen molar-refractivity contribution in [2.75, 3.05) is 19.6 Å². The Bertz CT molecular complexity index is 1050. The lowest BCUT2D eigenvalue weighted by atomic mass is 10.0. The van der Waals surface area contributed by atoms with Gasteiger partial charge >= 0.3 is 0 Å². The Hall–Kier alpha value is -2.23. The average molecular weight is 436 g/mol. The number of aryl methyl sites for hydroxylation is 1. The fourth-order valence-corrected chi connectivity index (χ4v) is 5.87. The number of piperidine rings is 1. The van der Waals surface area contributed by atoms with Gasteiger partial charge < -0.3 is 15.1 Å². The van der Waals surface area contributed by atoms with Crippen molar-refractivity contribution in [1.29, 1.82) is 0 Å². The molecule has 1 aromatic carbocycles. The zero-order valence-electron chi connectivity index (χ0n) is 16.9. The maximum atomic E-state index is 14.8. The number of sulfonamides is 1. The van der Waals surface area contributed by atoms with Crippen LogP contribution in [0.3, 0.4) is 0 Å². The van der Waals surface area contributed by atoms with E-state index in [1.165, 1.54) is 16.4 Å². The van der Waals surface area contributed by atoms with Gasteiger partial charge in [0.2, 0.25) is 15.9 Å². The standard InChI is InChI=1S/C21H26FN3O4S/c1-14-5-8-20(29-14)17-7-6-16(12-18(17)22)30(27,28)25-10-3-2-4-19(25)21(26)24-11-9-15(23)13-24/h5-8,12,15,19H,2-4,9-11,13,23H2,1H3/t15-,19+/m1/s1. The largest absolute Gasteiger partial charge is 0.461 e. The molecule has 1 amide bonds. The number of likely N-dealkylation sites (tertiary alicyclic amines) is 1. The Morgan fingerprint density at radius 1 is 1.17 bits per heavy atom. The Morgan fingerprint density at radius 3 is 2.60 bits per heavy atom. The van der Waals surface area contributed by atoms with Crippen molar-refractivity contribution in [3.63, 3.8) is 0 Å². The number of furan rings is 1. The molecule has 30 heavy (non-hydrogen) atoms. The molecule has 2 aliphatic heterocycles. The predicted molar refractivity (Wildman–Crippen MR) is 110 cm³/mol. The number of hydrogen-bond donors (Lipinski definition) is 1. The quantitative estimate of drug-likeness (QED) is 0.796. The second-order valence-electron chi connectivity index (χ2n) is 8.01.